The van der Waals surface area contributed by atoms with E-state index in [0.29, 0.717) is 28.0 Å². The van der Waals surface area contributed by atoms with E-state index in [1.54, 1.807) is 43.5 Å². The predicted molar refractivity (Wildman–Crippen MR) is 97.2 cm³/mol. The molecule has 5 nitrogen and oxygen atoms in total. The molecule has 0 radical (unpaired) electrons. The number of benzene rings is 2. The highest BCUT2D eigenvalue weighted by Gasteiger charge is 2.39. The smallest absolute Gasteiger partial charge is 0.251 e. The lowest BCUT2D eigenvalue weighted by atomic mass is 10.2. The maximum atomic E-state index is 12.6. The van der Waals surface area contributed by atoms with E-state index in [9.17, 15) is 9.59 Å². The van der Waals surface area contributed by atoms with Gasteiger partial charge in [0.05, 0.1) is 35.3 Å². The van der Waals surface area contributed by atoms with E-state index in [4.69, 9.17) is 27.9 Å². The van der Waals surface area contributed by atoms with Crippen molar-refractivity contribution in [3.05, 3.63) is 58.1 Å². The molecule has 2 aromatic rings. The summed E-state index contributed by atoms with van der Waals surface area (Å²) in [5.41, 5.74) is 1.42. The second kappa shape index (κ2) is 7.44. The van der Waals surface area contributed by atoms with Crippen molar-refractivity contribution in [2.75, 3.05) is 12.0 Å². The van der Waals surface area contributed by atoms with Crippen LogP contribution in [0.25, 0.3) is 0 Å². The standard InChI is InChI=1S/C18H16Cl2N2O3/c1-25-13-5-3-12(4-6-13)22-17(23)9-16(18(22)24)21-10-11-2-7-14(19)15(20)8-11/h2-8,16,21H,9-10H2,1H3. The number of imide groups is 1. The highest BCUT2D eigenvalue weighted by molar-refractivity contribution is 6.42. The molecule has 1 atom stereocenters. The lowest BCUT2D eigenvalue weighted by Gasteiger charge is -2.16. The van der Waals surface area contributed by atoms with E-state index in [1.807, 2.05) is 6.07 Å². The molecule has 1 N–H and O–H groups in total. The number of methoxy groups -OCH3 is 1. The Balaban J connectivity index is 1.68. The van der Waals surface area contributed by atoms with Crippen LogP contribution in [0.15, 0.2) is 42.5 Å². The second-order valence-electron chi connectivity index (χ2n) is 5.65. The molecule has 0 aromatic heterocycles. The van der Waals surface area contributed by atoms with Gasteiger partial charge in [0.25, 0.3) is 5.91 Å². The molecule has 0 saturated carbocycles. The Bertz CT molecular complexity index is 808. The van der Waals surface area contributed by atoms with Gasteiger partial charge in [0.2, 0.25) is 5.91 Å². The van der Waals surface area contributed by atoms with Gasteiger partial charge in [-0.2, -0.15) is 0 Å². The zero-order valence-corrected chi connectivity index (χ0v) is 15.0. The first-order chi connectivity index (χ1) is 12.0. The molecule has 1 aliphatic heterocycles. The number of halogens is 2. The fourth-order valence-corrected chi connectivity index (χ4v) is 3.01. The van der Waals surface area contributed by atoms with Gasteiger partial charge < -0.3 is 10.1 Å². The van der Waals surface area contributed by atoms with E-state index >= 15 is 0 Å². The Kier molecular flexibility index (Phi) is 5.27. The molecular weight excluding hydrogens is 363 g/mol. The lowest BCUT2D eigenvalue weighted by Crippen LogP contribution is -2.38. The van der Waals surface area contributed by atoms with Gasteiger partial charge in [0.1, 0.15) is 5.75 Å². The summed E-state index contributed by atoms with van der Waals surface area (Å²) in [5.74, 6) is 0.161. The van der Waals surface area contributed by atoms with Crippen molar-refractivity contribution in [3.8, 4) is 5.75 Å². The number of anilines is 1. The normalized spacial score (nSPS) is 17.2. The number of hydrogen-bond donors (Lipinski definition) is 1. The highest BCUT2D eigenvalue weighted by atomic mass is 35.5. The molecule has 130 valence electrons. The van der Waals surface area contributed by atoms with Crippen LogP contribution in [-0.4, -0.2) is 25.0 Å². The zero-order chi connectivity index (χ0) is 18.0. The molecule has 7 heteroatoms. The number of hydrogen-bond acceptors (Lipinski definition) is 4. The highest BCUT2D eigenvalue weighted by Crippen LogP contribution is 2.26. The average Bonchev–Trinajstić information content (AvgIpc) is 2.90. The summed E-state index contributed by atoms with van der Waals surface area (Å²) in [5, 5.41) is 4.04. The van der Waals surface area contributed by atoms with Crippen molar-refractivity contribution in [2.45, 2.75) is 19.0 Å². The number of nitrogens with one attached hydrogen (secondary N) is 1. The third-order valence-electron chi connectivity index (χ3n) is 4.01. The third-order valence-corrected chi connectivity index (χ3v) is 4.75. The number of ether oxygens (including phenoxy) is 1. The maximum Gasteiger partial charge on any atom is 0.251 e. The fraction of sp³-hybridized carbons (Fsp3) is 0.222. The van der Waals surface area contributed by atoms with Crippen LogP contribution in [0.5, 0.6) is 5.75 Å². The van der Waals surface area contributed by atoms with Gasteiger partial charge in [0, 0.05) is 6.54 Å². The van der Waals surface area contributed by atoms with Gasteiger partial charge >= 0.3 is 0 Å². The summed E-state index contributed by atoms with van der Waals surface area (Å²) < 4.78 is 5.09. The summed E-state index contributed by atoms with van der Waals surface area (Å²) in [6.07, 6.45) is 0.117. The number of rotatable bonds is 5. The SMILES string of the molecule is COc1ccc(N2C(=O)CC(NCc3ccc(Cl)c(Cl)c3)C2=O)cc1. The number of nitrogens with zero attached hydrogens (tertiary/aromatic N) is 1. The van der Waals surface area contributed by atoms with Gasteiger partial charge in [-0.25, -0.2) is 4.90 Å². The molecule has 1 fully saturated rings. The number of carbonyl (C=O) groups excluding carboxylic acids is 2. The third kappa shape index (κ3) is 3.79. The molecule has 1 aliphatic rings. The van der Waals surface area contributed by atoms with Crippen molar-refractivity contribution >= 4 is 40.7 Å². The molecule has 25 heavy (non-hydrogen) atoms. The molecule has 3 rings (SSSR count). The minimum Gasteiger partial charge on any atom is -0.497 e. The number of amides is 2. The van der Waals surface area contributed by atoms with E-state index in [-0.39, 0.29) is 18.2 Å². The second-order valence-corrected chi connectivity index (χ2v) is 6.47. The van der Waals surface area contributed by atoms with Crippen LogP contribution in [0.4, 0.5) is 5.69 Å². The van der Waals surface area contributed by atoms with Gasteiger partial charge in [-0.05, 0) is 42.0 Å². The summed E-state index contributed by atoms with van der Waals surface area (Å²) in [7, 11) is 1.56. The van der Waals surface area contributed by atoms with Crippen molar-refractivity contribution in [1.82, 2.24) is 5.32 Å². The quantitative estimate of drug-likeness (QED) is 0.809. The first-order valence-electron chi connectivity index (χ1n) is 7.68. The Morgan fingerprint density at radius 3 is 2.48 bits per heavy atom. The van der Waals surface area contributed by atoms with Crippen molar-refractivity contribution in [2.24, 2.45) is 0 Å². The molecule has 1 unspecified atom stereocenters. The first kappa shape index (κ1) is 17.7. The van der Waals surface area contributed by atoms with Crippen molar-refractivity contribution in [3.63, 3.8) is 0 Å². The van der Waals surface area contributed by atoms with Gasteiger partial charge in [0.15, 0.2) is 0 Å². The first-order valence-corrected chi connectivity index (χ1v) is 8.43. The summed E-state index contributed by atoms with van der Waals surface area (Å²) in [4.78, 5) is 26.0. The largest absolute Gasteiger partial charge is 0.497 e. The van der Waals surface area contributed by atoms with Crippen LogP contribution < -0.4 is 15.0 Å². The maximum absolute atomic E-state index is 12.6. The Morgan fingerprint density at radius 1 is 1.12 bits per heavy atom. The fourth-order valence-electron chi connectivity index (χ4n) is 2.68. The van der Waals surface area contributed by atoms with Crippen LogP contribution >= 0.6 is 23.2 Å². The average molecular weight is 379 g/mol. The van der Waals surface area contributed by atoms with Crippen LogP contribution in [0.3, 0.4) is 0 Å². The van der Waals surface area contributed by atoms with Gasteiger partial charge in [-0.3, -0.25) is 9.59 Å². The molecule has 0 spiro atoms. The van der Waals surface area contributed by atoms with Crippen LogP contribution in [-0.2, 0) is 16.1 Å². The minimum absolute atomic E-state index is 0.117. The molecule has 0 aliphatic carbocycles. The molecule has 1 heterocycles. The van der Waals surface area contributed by atoms with Gasteiger partial charge in [-0.15, -0.1) is 0 Å². The van der Waals surface area contributed by atoms with Crippen molar-refractivity contribution in [1.29, 1.82) is 0 Å². The molecule has 2 amide bonds. The topological polar surface area (TPSA) is 58.6 Å². The Labute approximate surface area is 155 Å². The monoisotopic (exact) mass is 378 g/mol. The Morgan fingerprint density at radius 2 is 1.84 bits per heavy atom. The zero-order valence-electron chi connectivity index (χ0n) is 13.5. The van der Waals surface area contributed by atoms with Crippen LogP contribution in [0, 0.1) is 0 Å². The summed E-state index contributed by atoms with van der Waals surface area (Å²) >= 11 is 11.9. The molecule has 0 bridgehead atoms. The van der Waals surface area contributed by atoms with Gasteiger partial charge in [-0.1, -0.05) is 29.3 Å². The van der Waals surface area contributed by atoms with E-state index in [0.717, 1.165) is 5.56 Å². The van der Waals surface area contributed by atoms with E-state index in [1.165, 1.54) is 4.90 Å². The number of carbonyl (C=O) groups is 2. The van der Waals surface area contributed by atoms with E-state index < -0.39 is 6.04 Å². The summed E-state index contributed by atoms with van der Waals surface area (Å²) in [6, 6.07) is 11.5. The van der Waals surface area contributed by atoms with Crippen LogP contribution in [0.1, 0.15) is 12.0 Å². The summed E-state index contributed by atoms with van der Waals surface area (Å²) in [6.45, 7) is 0.414. The lowest BCUT2D eigenvalue weighted by molar-refractivity contribution is -0.121. The molecule has 1 saturated heterocycles. The molecule has 2 aromatic carbocycles. The predicted octanol–water partition coefficient (Wildman–Crippen LogP) is 3.42. The van der Waals surface area contributed by atoms with E-state index in [2.05, 4.69) is 5.32 Å². The molecular formula is C18H16Cl2N2O3. The Hall–Kier alpha value is -2.08. The van der Waals surface area contributed by atoms with Crippen LogP contribution in [0.2, 0.25) is 10.0 Å². The van der Waals surface area contributed by atoms with Crippen molar-refractivity contribution < 1.29 is 14.3 Å². The minimum atomic E-state index is -0.566.